The van der Waals surface area contributed by atoms with E-state index in [9.17, 15) is 9.90 Å². The smallest absolute Gasteiger partial charge is 0.291 e. The van der Waals surface area contributed by atoms with Gasteiger partial charge >= 0.3 is 0 Å². The van der Waals surface area contributed by atoms with Crippen molar-refractivity contribution >= 4 is 29.6 Å². The summed E-state index contributed by atoms with van der Waals surface area (Å²) < 4.78 is 0. The van der Waals surface area contributed by atoms with Crippen molar-refractivity contribution in [2.45, 2.75) is 52.5 Å². The summed E-state index contributed by atoms with van der Waals surface area (Å²) in [4.78, 5) is 19.4. The molecule has 32 heavy (non-hydrogen) atoms. The first kappa shape index (κ1) is 25.6. The number of aromatic amines is 1. The molecule has 8 heteroatoms. The van der Waals surface area contributed by atoms with Crippen LogP contribution in [0.15, 0.2) is 30.5 Å². The summed E-state index contributed by atoms with van der Waals surface area (Å²) in [6, 6.07) is 7.97. The normalized spacial score (nSPS) is 15.3. The molecule has 1 amide bonds. The molecule has 1 aromatic carbocycles. The van der Waals surface area contributed by atoms with E-state index in [1.807, 2.05) is 18.2 Å². The summed E-state index contributed by atoms with van der Waals surface area (Å²) >= 11 is 0. The average Bonchev–Trinajstić information content (AvgIpc) is 3.22. The van der Waals surface area contributed by atoms with E-state index in [2.05, 4.69) is 60.4 Å². The number of aliphatic hydroxyl groups excluding tert-OH is 1. The Labute approximate surface area is 195 Å². The number of carbonyl (C=O) groups excluding carboxylic acids is 1. The van der Waals surface area contributed by atoms with E-state index >= 15 is 0 Å². The van der Waals surface area contributed by atoms with Crippen LogP contribution in [-0.2, 0) is 5.54 Å². The molecule has 0 radical (unpaired) electrons. The highest BCUT2D eigenvalue weighted by Gasteiger charge is 2.26. The molecule has 3 rings (SSSR count). The second kappa shape index (κ2) is 10.3. The fourth-order valence-electron chi connectivity index (χ4n) is 3.77. The van der Waals surface area contributed by atoms with E-state index in [0.29, 0.717) is 12.2 Å². The number of halogens is 1. The first-order valence-corrected chi connectivity index (χ1v) is 10.6. The van der Waals surface area contributed by atoms with E-state index < -0.39 is 0 Å². The molecular formula is C24H32ClN5O2. The lowest BCUT2D eigenvalue weighted by Gasteiger charge is -2.31. The molecule has 4 N–H and O–H groups in total. The van der Waals surface area contributed by atoms with Gasteiger partial charge in [0.2, 0.25) is 0 Å². The van der Waals surface area contributed by atoms with Crippen LogP contribution < -0.4 is 10.6 Å². The zero-order valence-corrected chi connectivity index (χ0v) is 19.9. The molecule has 7 nitrogen and oxygen atoms in total. The molecule has 0 unspecified atom stereocenters. The Bertz CT molecular complexity index is 1030. The maximum absolute atomic E-state index is 12.7. The Kier molecular flexibility index (Phi) is 8.24. The number of rotatable bonds is 7. The van der Waals surface area contributed by atoms with E-state index in [1.54, 1.807) is 0 Å². The molecule has 1 aliphatic rings. The van der Waals surface area contributed by atoms with Gasteiger partial charge in [-0.25, -0.2) is 4.98 Å². The summed E-state index contributed by atoms with van der Waals surface area (Å²) in [6.07, 6.45) is 6.61. The molecule has 0 saturated heterocycles. The molecule has 1 aliphatic carbocycles. The van der Waals surface area contributed by atoms with Crippen LogP contribution >= 0.6 is 12.4 Å². The molecule has 0 spiro atoms. The summed E-state index contributed by atoms with van der Waals surface area (Å²) in [5.74, 6) is -0.278. The first-order valence-electron chi connectivity index (χ1n) is 10.6. The van der Waals surface area contributed by atoms with Crippen LogP contribution in [-0.4, -0.2) is 34.1 Å². The number of anilines is 1. The molecule has 1 heterocycles. The van der Waals surface area contributed by atoms with Gasteiger partial charge in [-0.05, 0) is 61.8 Å². The van der Waals surface area contributed by atoms with Gasteiger partial charge < -0.3 is 20.7 Å². The molecule has 0 atom stereocenters. The predicted molar refractivity (Wildman–Crippen MR) is 129 cm³/mol. The van der Waals surface area contributed by atoms with E-state index in [1.165, 1.54) is 11.8 Å². The largest absolute Gasteiger partial charge is 0.395 e. The number of nitriles is 1. The molecule has 172 valence electrons. The van der Waals surface area contributed by atoms with Crippen molar-refractivity contribution in [1.82, 2.24) is 15.3 Å². The molecule has 2 aromatic rings. The Hall–Kier alpha value is -2.66. The molecule has 0 fully saturated rings. The monoisotopic (exact) mass is 457 g/mol. The zero-order chi connectivity index (χ0) is 22.6. The number of imidazole rings is 1. The number of nitrogens with zero attached hydrogens (tertiary/aromatic N) is 2. The van der Waals surface area contributed by atoms with E-state index in [4.69, 9.17) is 5.26 Å². The quantitative estimate of drug-likeness (QED) is 0.493. The summed E-state index contributed by atoms with van der Waals surface area (Å²) in [5.41, 5.74) is 4.18. The summed E-state index contributed by atoms with van der Waals surface area (Å²) in [7, 11) is 0. The highest BCUT2D eigenvalue weighted by Crippen LogP contribution is 2.41. The van der Waals surface area contributed by atoms with E-state index in [-0.39, 0.29) is 47.4 Å². The zero-order valence-electron chi connectivity index (χ0n) is 19.1. The van der Waals surface area contributed by atoms with Gasteiger partial charge in [-0.15, -0.1) is 12.4 Å². The van der Waals surface area contributed by atoms with Crippen molar-refractivity contribution in [1.29, 1.82) is 5.26 Å². The first-order chi connectivity index (χ1) is 14.6. The third kappa shape index (κ3) is 5.98. The van der Waals surface area contributed by atoms with Gasteiger partial charge in [0.1, 0.15) is 11.8 Å². The van der Waals surface area contributed by atoms with Crippen molar-refractivity contribution in [3.63, 3.8) is 0 Å². The maximum Gasteiger partial charge on any atom is 0.291 e. The molecule has 0 bridgehead atoms. The second-order valence-electron chi connectivity index (χ2n) is 9.34. The average molecular weight is 458 g/mol. The van der Waals surface area contributed by atoms with Crippen molar-refractivity contribution in [3.8, 4) is 6.07 Å². The van der Waals surface area contributed by atoms with Gasteiger partial charge in [0.25, 0.3) is 5.91 Å². The lowest BCUT2D eigenvalue weighted by atomic mass is 9.76. The molecule has 0 aliphatic heterocycles. The Morgan fingerprint density at radius 3 is 2.72 bits per heavy atom. The van der Waals surface area contributed by atoms with Gasteiger partial charge in [0.05, 0.1) is 12.8 Å². The van der Waals surface area contributed by atoms with Crippen LogP contribution in [0.5, 0.6) is 0 Å². The lowest BCUT2D eigenvalue weighted by molar-refractivity contribution is 0.101. The van der Waals surface area contributed by atoms with E-state index in [0.717, 1.165) is 30.4 Å². The minimum Gasteiger partial charge on any atom is -0.395 e. The SMILES string of the molecule is CC1(C)CC=C(c2cc(C(C)(C)NCCO)ccc2NC(=O)c2ncc(C#N)[nH]2)CC1.Cl. The van der Waals surface area contributed by atoms with Crippen molar-refractivity contribution in [2.24, 2.45) is 5.41 Å². The minimum atomic E-state index is -0.384. The Morgan fingerprint density at radius 2 is 2.12 bits per heavy atom. The Morgan fingerprint density at radius 1 is 1.38 bits per heavy atom. The number of carbonyl (C=O) groups is 1. The summed E-state index contributed by atoms with van der Waals surface area (Å²) in [6.45, 7) is 9.25. The molecular weight excluding hydrogens is 426 g/mol. The number of benzene rings is 1. The maximum atomic E-state index is 12.7. The number of aromatic nitrogens is 2. The van der Waals surface area contributed by atoms with Crippen LogP contribution in [0.3, 0.4) is 0 Å². The lowest BCUT2D eigenvalue weighted by Crippen LogP contribution is -2.38. The number of nitrogens with one attached hydrogen (secondary N) is 3. The van der Waals surface area contributed by atoms with Gasteiger partial charge in [-0.2, -0.15) is 5.26 Å². The predicted octanol–water partition coefficient (Wildman–Crippen LogP) is 4.37. The number of hydrogen-bond acceptors (Lipinski definition) is 5. The van der Waals surface area contributed by atoms with Crippen LogP contribution in [0.1, 0.15) is 74.4 Å². The van der Waals surface area contributed by atoms with Crippen molar-refractivity contribution in [3.05, 3.63) is 53.1 Å². The number of amides is 1. The highest BCUT2D eigenvalue weighted by atomic mass is 35.5. The number of aliphatic hydroxyl groups is 1. The highest BCUT2D eigenvalue weighted by molar-refractivity contribution is 6.03. The molecule has 0 saturated carbocycles. The second-order valence-corrected chi connectivity index (χ2v) is 9.34. The van der Waals surface area contributed by atoms with Crippen molar-refractivity contribution < 1.29 is 9.90 Å². The topological polar surface area (TPSA) is 114 Å². The fourth-order valence-corrected chi connectivity index (χ4v) is 3.77. The Balaban J connectivity index is 0.00000363. The van der Waals surface area contributed by atoms with Gasteiger partial charge in [0.15, 0.2) is 5.82 Å². The van der Waals surface area contributed by atoms with Gasteiger partial charge in [-0.1, -0.05) is 26.0 Å². The van der Waals surface area contributed by atoms with Crippen LogP contribution in [0.25, 0.3) is 5.57 Å². The number of allylic oxidation sites excluding steroid dienone is 2. The molecule has 1 aromatic heterocycles. The van der Waals surface area contributed by atoms with Crippen LogP contribution in [0, 0.1) is 16.7 Å². The number of H-pyrrole nitrogens is 1. The standard InChI is InChI=1S/C24H31N5O2.ClH/c1-23(2)9-7-16(8-10-23)19-13-17(24(3,4)27-11-12-30)5-6-20(19)29-22(31)21-26-15-18(14-25)28-21;/h5-7,13,15,27,30H,8-12H2,1-4H3,(H,26,28)(H,29,31);1H. The fraction of sp³-hybridized carbons (Fsp3) is 0.458. The summed E-state index contributed by atoms with van der Waals surface area (Å²) in [5, 5.41) is 24.5. The van der Waals surface area contributed by atoms with Gasteiger partial charge in [-0.3, -0.25) is 4.79 Å². The van der Waals surface area contributed by atoms with Crippen molar-refractivity contribution in [2.75, 3.05) is 18.5 Å². The van der Waals surface area contributed by atoms with Gasteiger partial charge in [0, 0.05) is 23.3 Å². The third-order valence-corrected chi connectivity index (χ3v) is 5.90. The van der Waals surface area contributed by atoms with Crippen LogP contribution in [0.4, 0.5) is 5.69 Å². The van der Waals surface area contributed by atoms with Crippen LogP contribution in [0.2, 0.25) is 0 Å². The third-order valence-electron chi connectivity index (χ3n) is 5.90. The number of hydrogen-bond donors (Lipinski definition) is 4. The minimum absolute atomic E-state index is 0.